The summed E-state index contributed by atoms with van der Waals surface area (Å²) < 4.78 is 0. The summed E-state index contributed by atoms with van der Waals surface area (Å²) >= 11 is 0. The van der Waals surface area contributed by atoms with Crippen molar-refractivity contribution in [2.45, 2.75) is 38.7 Å². The maximum atomic E-state index is 9.95. The molecular formula is C16H24ClN3O2. The highest BCUT2D eigenvalue weighted by atomic mass is 35.5. The molecule has 6 heteroatoms. The molecule has 0 amide bonds. The molecule has 3 rings (SSSR count). The van der Waals surface area contributed by atoms with Gasteiger partial charge in [-0.2, -0.15) is 0 Å². The molecule has 0 spiro atoms. The molecule has 122 valence electrons. The van der Waals surface area contributed by atoms with Gasteiger partial charge in [-0.15, -0.1) is 0 Å². The fraction of sp³-hybridized carbons (Fsp3) is 0.625. The third-order valence-electron chi connectivity index (χ3n) is 3.94. The van der Waals surface area contributed by atoms with Crippen LogP contribution in [-0.2, 0) is 4.84 Å². The lowest BCUT2D eigenvalue weighted by Gasteiger charge is -2.09. The molecule has 2 aliphatic carbocycles. The molecule has 5 nitrogen and oxygen atoms in total. The molecule has 3 N–H and O–H groups in total. The second-order valence-electron chi connectivity index (χ2n) is 6.16. The van der Waals surface area contributed by atoms with Crippen molar-refractivity contribution in [3.63, 3.8) is 0 Å². The molecule has 1 heterocycles. The largest absolute Gasteiger partial charge is 1.00 e. The zero-order chi connectivity index (χ0) is 14.7. The highest BCUT2D eigenvalue weighted by Crippen LogP contribution is 2.42. The number of quaternary nitrogens is 1. The summed E-state index contributed by atoms with van der Waals surface area (Å²) in [4.78, 5) is 9.75. The van der Waals surface area contributed by atoms with E-state index in [-0.39, 0.29) is 19.0 Å². The molecule has 1 unspecified atom stereocenters. The fourth-order valence-electron chi connectivity index (χ4n) is 2.44. The van der Waals surface area contributed by atoms with Gasteiger partial charge in [0.1, 0.15) is 19.3 Å². The second kappa shape index (κ2) is 7.90. The van der Waals surface area contributed by atoms with Crippen molar-refractivity contribution in [3.8, 4) is 0 Å². The Morgan fingerprint density at radius 2 is 2.05 bits per heavy atom. The van der Waals surface area contributed by atoms with E-state index in [4.69, 9.17) is 4.84 Å². The van der Waals surface area contributed by atoms with Crippen LogP contribution in [0.2, 0.25) is 0 Å². The van der Waals surface area contributed by atoms with E-state index in [0.717, 1.165) is 11.5 Å². The molecule has 2 aliphatic rings. The van der Waals surface area contributed by atoms with Gasteiger partial charge in [-0.05, 0) is 38.7 Å². The second-order valence-corrected chi connectivity index (χ2v) is 6.16. The van der Waals surface area contributed by atoms with Gasteiger partial charge in [0.2, 0.25) is 5.82 Å². The first-order valence-corrected chi connectivity index (χ1v) is 7.87. The predicted molar refractivity (Wildman–Crippen MR) is 80.3 cm³/mol. The smallest absolute Gasteiger partial charge is 0.224 e. The summed E-state index contributed by atoms with van der Waals surface area (Å²) in [6.07, 6.45) is 4.50. The zero-order valence-corrected chi connectivity index (χ0v) is 13.7. The summed E-state index contributed by atoms with van der Waals surface area (Å²) in [6.45, 7) is 2.75. The number of rotatable bonds is 8. The number of aromatic nitrogens is 1. The standard InChI is InChI=1S/C16H23N3O2.ClH/c1-11-3-2-4-15(18-11)17-9-14(20)10-21-19-16(12-5-6-12)13-7-8-13;/h2-4,12-14,20H,5-10H2,1H3,(H,17,18);1H. The Bertz CT molecular complexity index is 502. The number of aryl methyl sites for hydroxylation is 1. The first-order chi connectivity index (χ1) is 10.2. The van der Waals surface area contributed by atoms with Crippen molar-refractivity contribution in [2.24, 2.45) is 17.0 Å². The van der Waals surface area contributed by atoms with Crippen LogP contribution >= 0.6 is 0 Å². The molecule has 0 saturated heterocycles. The van der Waals surface area contributed by atoms with E-state index in [1.54, 1.807) is 0 Å². The highest BCUT2D eigenvalue weighted by Gasteiger charge is 2.38. The van der Waals surface area contributed by atoms with Crippen LogP contribution in [-0.4, -0.2) is 35.1 Å². The summed E-state index contributed by atoms with van der Waals surface area (Å²) in [7, 11) is 0. The quantitative estimate of drug-likeness (QED) is 0.435. The molecule has 1 aromatic rings. The first-order valence-electron chi connectivity index (χ1n) is 7.87. The maximum absolute atomic E-state index is 9.95. The summed E-state index contributed by atoms with van der Waals surface area (Å²) in [6, 6.07) is 5.87. The molecule has 1 aromatic heterocycles. The van der Waals surface area contributed by atoms with E-state index in [1.807, 2.05) is 30.4 Å². The van der Waals surface area contributed by atoms with Gasteiger partial charge in [0.05, 0.1) is 5.71 Å². The van der Waals surface area contributed by atoms with Gasteiger partial charge >= 0.3 is 0 Å². The van der Waals surface area contributed by atoms with Crippen molar-refractivity contribution in [1.29, 1.82) is 0 Å². The lowest BCUT2D eigenvalue weighted by molar-refractivity contribution is -0.583. The summed E-state index contributed by atoms with van der Waals surface area (Å²) in [5.74, 6) is 2.23. The van der Waals surface area contributed by atoms with E-state index in [9.17, 15) is 5.11 Å². The summed E-state index contributed by atoms with van der Waals surface area (Å²) in [5.41, 5.74) is 2.23. The van der Waals surface area contributed by atoms with Gasteiger partial charge in [-0.1, -0.05) is 11.2 Å². The molecule has 0 aliphatic heterocycles. The van der Waals surface area contributed by atoms with Crippen LogP contribution in [0.3, 0.4) is 0 Å². The average Bonchev–Trinajstić information content (AvgIpc) is 3.35. The first kappa shape index (κ1) is 17.2. The van der Waals surface area contributed by atoms with Gasteiger partial charge in [-0.25, -0.2) is 4.98 Å². The van der Waals surface area contributed by atoms with Gasteiger partial charge in [0.15, 0.2) is 0 Å². The number of oxime groups is 1. The van der Waals surface area contributed by atoms with Crippen LogP contribution in [0.1, 0.15) is 31.4 Å². The topological polar surface area (TPSA) is 71.3 Å². The molecule has 2 saturated carbocycles. The Labute approximate surface area is 137 Å². The van der Waals surface area contributed by atoms with Crippen LogP contribution in [0, 0.1) is 18.8 Å². The van der Waals surface area contributed by atoms with E-state index in [2.05, 4.69) is 10.1 Å². The number of aliphatic hydroxyl groups excluding tert-OH is 1. The minimum absolute atomic E-state index is 0. The number of halogens is 1. The van der Waals surface area contributed by atoms with Crippen molar-refractivity contribution in [1.82, 2.24) is 4.98 Å². The Kier molecular flexibility index (Phi) is 6.17. The highest BCUT2D eigenvalue weighted by molar-refractivity contribution is 5.92. The molecule has 0 bridgehead atoms. The van der Waals surface area contributed by atoms with Crippen molar-refractivity contribution < 1.29 is 27.7 Å². The lowest BCUT2D eigenvalue weighted by atomic mass is 10.2. The SMILES string of the molecule is Cc1cccc([NH2+]CC(O)CON=C(C2CC2)C2CC2)n1.[Cl-]. The summed E-state index contributed by atoms with van der Waals surface area (Å²) in [5, 5.41) is 16.2. The Hall–Kier alpha value is -1.17. The van der Waals surface area contributed by atoms with Crippen LogP contribution in [0.5, 0.6) is 0 Å². The van der Waals surface area contributed by atoms with Gasteiger partial charge < -0.3 is 22.4 Å². The molecule has 0 radical (unpaired) electrons. The Morgan fingerprint density at radius 3 is 2.64 bits per heavy atom. The predicted octanol–water partition coefficient (Wildman–Crippen LogP) is -1.86. The Morgan fingerprint density at radius 1 is 1.36 bits per heavy atom. The number of nitrogens with zero attached hydrogens (tertiary/aromatic N) is 2. The Balaban J connectivity index is 0.00000176. The number of pyridine rings is 1. The van der Waals surface area contributed by atoms with Crippen molar-refractivity contribution in [2.75, 3.05) is 13.2 Å². The maximum Gasteiger partial charge on any atom is 0.224 e. The van der Waals surface area contributed by atoms with Crippen molar-refractivity contribution in [3.05, 3.63) is 23.9 Å². The number of hydrogen-bond donors (Lipinski definition) is 2. The van der Waals surface area contributed by atoms with E-state index in [1.165, 1.54) is 31.4 Å². The molecule has 1 atom stereocenters. The van der Waals surface area contributed by atoms with Gasteiger partial charge in [-0.3, -0.25) is 5.32 Å². The van der Waals surface area contributed by atoms with Gasteiger partial charge in [0, 0.05) is 23.6 Å². The van der Waals surface area contributed by atoms with Gasteiger partial charge in [0.25, 0.3) is 0 Å². The number of nitrogens with two attached hydrogens (primary N) is 1. The van der Waals surface area contributed by atoms with Crippen molar-refractivity contribution >= 4 is 11.5 Å². The zero-order valence-electron chi connectivity index (χ0n) is 12.9. The fourth-order valence-corrected chi connectivity index (χ4v) is 2.44. The van der Waals surface area contributed by atoms with Crippen LogP contribution in [0.15, 0.2) is 23.4 Å². The van der Waals surface area contributed by atoms with E-state index in [0.29, 0.717) is 18.4 Å². The monoisotopic (exact) mass is 325 g/mol. The number of aliphatic hydroxyl groups is 1. The van der Waals surface area contributed by atoms with E-state index < -0.39 is 6.10 Å². The third-order valence-corrected chi connectivity index (χ3v) is 3.94. The minimum Gasteiger partial charge on any atom is -1.00 e. The molecule has 22 heavy (non-hydrogen) atoms. The van der Waals surface area contributed by atoms with Crippen LogP contribution in [0.25, 0.3) is 0 Å². The minimum atomic E-state index is -0.532. The normalized spacial score (nSPS) is 18.3. The molecule has 0 aromatic carbocycles. The van der Waals surface area contributed by atoms with E-state index >= 15 is 0 Å². The third kappa shape index (κ3) is 5.23. The van der Waals surface area contributed by atoms with Crippen LogP contribution in [0.4, 0.5) is 5.82 Å². The average molecular weight is 326 g/mol. The lowest BCUT2D eigenvalue weighted by Crippen LogP contribution is -3.00. The van der Waals surface area contributed by atoms with Crippen LogP contribution < -0.4 is 17.7 Å². The molecule has 2 fully saturated rings. The number of hydrogen-bond acceptors (Lipinski definition) is 4. The molecular weight excluding hydrogens is 302 g/mol.